The number of aromatic amines is 1. The molecule has 1 atom stereocenters. The Labute approximate surface area is 105 Å². The van der Waals surface area contributed by atoms with Crippen molar-refractivity contribution in [1.82, 2.24) is 15.3 Å². The molecule has 6 heteroatoms. The zero-order valence-corrected chi connectivity index (χ0v) is 10.2. The standard InChI is InChI=1S/C12H17N3O3/c1-2-3-4-9(12(17)18)15-11(16)6-5-10-13-7-8-14-10/h5-9H,2-4H2,1H3,(H,13,14)(H,15,16)(H,17,18). The third-order valence-corrected chi connectivity index (χ3v) is 2.37. The Balaban J connectivity index is 2.48. The number of nitrogens with one attached hydrogen (secondary N) is 2. The molecule has 6 nitrogen and oxygen atoms in total. The average Bonchev–Trinajstić information content (AvgIpc) is 2.84. The molecule has 0 aliphatic rings. The number of hydrogen-bond donors (Lipinski definition) is 3. The number of aliphatic carboxylic acids is 1. The van der Waals surface area contributed by atoms with E-state index < -0.39 is 17.9 Å². The molecule has 0 fully saturated rings. The van der Waals surface area contributed by atoms with E-state index in [1.807, 2.05) is 6.92 Å². The first-order valence-corrected chi connectivity index (χ1v) is 5.84. The molecule has 0 saturated heterocycles. The zero-order chi connectivity index (χ0) is 13.4. The summed E-state index contributed by atoms with van der Waals surface area (Å²) in [6, 6.07) is -0.835. The number of unbranched alkanes of at least 4 members (excludes halogenated alkanes) is 1. The normalized spacial score (nSPS) is 12.5. The molecule has 0 spiro atoms. The molecule has 1 heterocycles. The van der Waals surface area contributed by atoms with Crippen molar-refractivity contribution in [2.45, 2.75) is 32.2 Å². The van der Waals surface area contributed by atoms with Crippen LogP contribution in [-0.4, -0.2) is 33.0 Å². The number of aromatic nitrogens is 2. The molecule has 1 aromatic rings. The van der Waals surface area contributed by atoms with Gasteiger partial charge in [0.2, 0.25) is 5.91 Å². The van der Waals surface area contributed by atoms with Gasteiger partial charge >= 0.3 is 5.97 Å². The molecule has 0 aliphatic carbocycles. The summed E-state index contributed by atoms with van der Waals surface area (Å²) in [5.74, 6) is -0.899. The summed E-state index contributed by atoms with van der Waals surface area (Å²) in [5.41, 5.74) is 0. The molecule has 98 valence electrons. The van der Waals surface area contributed by atoms with Gasteiger partial charge in [0.25, 0.3) is 0 Å². The lowest BCUT2D eigenvalue weighted by atomic mass is 10.1. The third-order valence-electron chi connectivity index (χ3n) is 2.37. The highest BCUT2D eigenvalue weighted by molar-refractivity contribution is 5.93. The van der Waals surface area contributed by atoms with Crippen LogP contribution in [0.25, 0.3) is 6.08 Å². The first-order chi connectivity index (χ1) is 8.63. The van der Waals surface area contributed by atoms with Gasteiger partial charge in [0.1, 0.15) is 11.9 Å². The second-order valence-corrected chi connectivity index (χ2v) is 3.85. The summed E-state index contributed by atoms with van der Waals surface area (Å²) in [6.07, 6.45) is 8.06. The van der Waals surface area contributed by atoms with Gasteiger partial charge in [-0.25, -0.2) is 9.78 Å². The van der Waals surface area contributed by atoms with Crippen LogP contribution in [0, 0.1) is 0 Å². The lowest BCUT2D eigenvalue weighted by molar-refractivity contribution is -0.141. The number of carboxylic acids is 1. The molecule has 3 N–H and O–H groups in total. The van der Waals surface area contributed by atoms with Gasteiger partial charge in [-0.15, -0.1) is 0 Å². The molecule has 0 aliphatic heterocycles. The van der Waals surface area contributed by atoms with Gasteiger partial charge in [0, 0.05) is 18.5 Å². The molecular formula is C12H17N3O3. The number of H-pyrrole nitrogens is 1. The largest absolute Gasteiger partial charge is 0.480 e. The van der Waals surface area contributed by atoms with E-state index >= 15 is 0 Å². The average molecular weight is 251 g/mol. The number of imidazole rings is 1. The highest BCUT2D eigenvalue weighted by atomic mass is 16.4. The first kappa shape index (κ1) is 14.0. The minimum Gasteiger partial charge on any atom is -0.480 e. The Morgan fingerprint density at radius 3 is 2.94 bits per heavy atom. The predicted molar refractivity (Wildman–Crippen MR) is 66.7 cm³/mol. The smallest absolute Gasteiger partial charge is 0.326 e. The van der Waals surface area contributed by atoms with Gasteiger partial charge in [-0.3, -0.25) is 4.79 Å². The molecule has 0 aromatic carbocycles. The monoisotopic (exact) mass is 251 g/mol. The SMILES string of the molecule is CCCCC(NC(=O)C=Cc1ncc[nH]1)C(=O)O. The van der Waals surface area contributed by atoms with Crippen LogP contribution in [0.2, 0.25) is 0 Å². The quantitative estimate of drug-likeness (QED) is 0.634. The number of hydrogen-bond acceptors (Lipinski definition) is 3. The van der Waals surface area contributed by atoms with Gasteiger partial charge in [-0.1, -0.05) is 19.8 Å². The van der Waals surface area contributed by atoms with Gasteiger partial charge in [0.15, 0.2) is 0 Å². The Morgan fingerprint density at radius 2 is 2.39 bits per heavy atom. The maximum absolute atomic E-state index is 11.5. The van der Waals surface area contributed by atoms with E-state index in [2.05, 4.69) is 15.3 Å². The number of carbonyl (C=O) groups excluding carboxylic acids is 1. The predicted octanol–water partition coefficient (Wildman–Crippen LogP) is 1.18. The molecule has 0 bridgehead atoms. The highest BCUT2D eigenvalue weighted by Crippen LogP contribution is 2.01. The van der Waals surface area contributed by atoms with Gasteiger partial charge < -0.3 is 15.4 Å². The molecule has 0 saturated carbocycles. The summed E-state index contributed by atoms with van der Waals surface area (Å²) < 4.78 is 0. The molecule has 1 amide bonds. The summed E-state index contributed by atoms with van der Waals surface area (Å²) in [6.45, 7) is 1.97. The number of amides is 1. The van der Waals surface area contributed by atoms with Crippen LogP contribution in [0.4, 0.5) is 0 Å². The van der Waals surface area contributed by atoms with E-state index in [1.165, 1.54) is 12.2 Å². The van der Waals surface area contributed by atoms with E-state index in [-0.39, 0.29) is 0 Å². The van der Waals surface area contributed by atoms with Crippen LogP contribution in [-0.2, 0) is 9.59 Å². The van der Waals surface area contributed by atoms with Crippen molar-refractivity contribution >= 4 is 18.0 Å². The molecule has 0 radical (unpaired) electrons. The van der Waals surface area contributed by atoms with Crippen LogP contribution in [0.1, 0.15) is 32.0 Å². The fourth-order valence-electron chi connectivity index (χ4n) is 1.41. The minimum absolute atomic E-state index is 0.435. The molecule has 1 unspecified atom stereocenters. The van der Waals surface area contributed by atoms with Crippen molar-refractivity contribution < 1.29 is 14.7 Å². The Bertz CT molecular complexity index is 412. The molecule has 18 heavy (non-hydrogen) atoms. The van der Waals surface area contributed by atoms with E-state index in [0.717, 1.165) is 12.8 Å². The van der Waals surface area contributed by atoms with E-state index in [4.69, 9.17) is 5.11 Å². The minimum atomic E-state index is -1.01. The van der Waals surface area contributed by atoms with Crippen molar-refractivity contribution in [3.8, 4) is 0 Å². The molecule has 1 rings (SSSR count). The fraction of sp³-hybridized carbons (Fsp3) is 0.417. The van der Waals surface area contributed by atoms with Crippen molar-refractivity contribution in [3.63, 3.8) is 0 Å². The number of nitrogens with zero attached hydrogens (tertiary/aromatic N) is 1. The van der Waals surface area contributed by atoms with Crippen LogP contribution < -0.4 is 5.32 Å². The van der Waals surface area contributed by atoms with Gasteiger partial charge in [-0.05, 0) is 12.5 Å². The summed E-state index contributed by atoms with van der Waals surface area (Å²) in [5, 5.41) is 11.4. The fourth-order valence-corrected chi connectivity index (χ4v) is 1.41. The van der Waals surface area contributed by atoms with Crippen molar-refractivity contribution in [2.24, 2.45) is 0 Å². The van der Waals surface area contributed by atoms with E-state index in [1.54, 1.807) is 12.4 Å². The Hall–Kier alpha value is -2.11. The number of rotatable bonds is 7. The van der Waals surface area contributed by atoms with Crippen molar-refractivity contribution in [1.29, 1.82) is 0 Å². The topological polar surface area (TPSA) is 95.1 Å². The van der Waals surface area contributed by atoms with E-state index in [0.29, 0.717) is 12.2 Å². The molecule has 1 aromatic heterocycles. The van der Waals surface area contributed by atoms with Crippen LogP contribution in [0.5, 0.6) is 0 Å². The van der Waals surface area contributed by atoms with Crippen molar-refractivity contribution in [3.05, 3.63) is 24.3 Å². The highest BCUT2D eigenvalue weighted by Gasteiger charge is 2.17. The number of carbonyl (C=O) groups is 2. The molecular weight excluding hydrogens is 234 g/mol. The van der Waals surface area contributed by atoms with Gasteiger partial charge in [-0.2, -0.15) is 0 Å². The van der Waals surface area contributed by atoms with Crippen LogP contribution >= 0.6 is 0 Å². The van der Waals surface area contributed by atoms with Crippen LogP contribution in [0.3, 0.4) is 0 Å². The summed E-state index contributed by atoms with van der Waals surface area (Å²) in [4.78, 5) is 29.2. The maximum atomic E-state index is 11.5. The number of carboxylic acid groups (broad SMARTS) is 1. The van der Waals surface area contributed by atoms with E-state index in [9.17, 15) is 9.59 Å². The Morgan fingerprint density at radius 1 is 1.61 bits per heavy atom. The van der Waals surface area contributed by atoms with Crippen molar-refractivity contribution in [2.75, 3.05) is 0 Å². The van der Waals surface area contributed by atoms with Gasteiger partial charge in [0.05, 0.1) is 0 Å². The Kier molecular flexibility index (Phi) is 5.63. The zero-order valence-electron chi connectivity index (χ0n) is 10.2. The summed E-state index contributed by atoms with van der Waals surface area (Å²) in [7, 11) is 0. The second kappa shape index (κ2) is 7.26. The second-order valence-electron chi connectivity index (χ2n) is 3.85. The first-order valence-electron chi connectivity index (χ1n) is 5.84. The van der Waals surface area contributed by atoms with Crippen LogP contribution in [0.15, 0.2) is 18.5 Å². The lowest BCUT2D eigenvalue weighted by Crippen LogP contribution is -2.39. The maximum Gasteiger partial charge on any atom is 0.326 e. The third kappa shape index (κ3) is 4.82. The lowest BCUT2D eigenvalue weighted by Gasteiger charge is -2.12. The summed E-state index contributed by atoms with van der Waals surface area (Å²) >= 11 is 0.